The second-order valence-corrected chi connectivity index (χ2v) is 5.95. The normalized spacial score (nSPS) is 14.9. The van der Waals surface area contributed by atoms with E-state index in [1.54, 1.807) is 24.3 Å². The zero-order valence-corrected chi connectivity index (χ0v) is 14.5. The fourth-order valence-electron chi connectivity index (χ4n) is 2.71. The Labute approximate surface area is 151 Å². The highest BCUT2D eigenvalue weighted by molar-refractivity contribution is 5.93. The predicted octanol–water partition coefficient (Wildman–Crippen LogP) is 2.40. The van der Waals surface area contributed by atoms with E-state index in [1.807, 2.05) is 24.3 Å². The monoisotopic (exact) mass is 355 g/mol. The van der Waals surface area contributed by atoms with Gasteiger partial charge < -0.3 is 25.4 Å². The predicted molar refractivity (Wildman–Crippen MR) is 98.5 cm³/mol. The Hall–Kier alpha value is -3.06. The van der Waals surface area contributed by atoms with Crippen molar-refractivity contribution in [3.05, 3.63) is 54.1 Å². The quantitative estimate of drug-likeness (QED) is 0.742. The van der Waals surface area contributed by atoms with Crippen LogP contribution in [0.15, 0.2) is 48.5 Å². The molecule has 3 amide bonds. The van der Waals surface area contributed by atoms with Gasteiger partial charge in [0, 0.05) is 24.9 Å². The molecule has 0 spiro atoms. The van der Waals surface area contributed by atoms with Crippen LogP contribution in [0.3, 0.4) is 0 Å². The molecular weight excluding hydrogens is 334 g/mol. The van der Waals surface area contributed by atoms with Crippen LogP contribution in [-0.2, 0) is 16.0 Å². The highest BCUT2D eigenvalue weighted by atomic mass is 16.5. The minimum atomic E-state index is -0.305. The standard InChI is InChI=1S/C19H21N3O4/c1-25-12-18(23)21-14-6-8-15(9-7-14)22-19(24)20-11-16-10-13-4-2-3-5-17(13)26-16/h2-9,16H,10-12H2,1H3,(H,21,23)(H2,20,22,24). The van der Waals surface area contributed by atoms with Crippen LogP contribution in [0, 0.1) is 0 Å². The summed E-state index contributed by atoms with van der Waals surface area (Å²) < 4.78 is 10.5. The van der Waals surface area contributed by atoms with Crippen molar-refractivity contribution in [1.82, 2.24) is 5.32 Å². The van der Waals surface area contributed by atoms with Crippen LogP contribution in [-0.4, -0.2) is 38.3 Å². The molecule has 2 aromatic carbocycles. The summed E-state index contributed by atoms with van der Waals surface area (Å²) in [4.78, 5) is 23.5. The number of nitrogens with one attached hydrogen (secondary N) is 3. The molecule has 3 N–H and O–H groups in total. The maximum atomic E-state index is 12.0. The Bertz CT molecular complexity index is 752. The number of amides is 3. The Kier molecular flexibility index (Phi) is 5.70. The highest BCUT2D eigenvalue weighted by Gasteiger charge is 2.22. The molecule has 7 heteroatoms. The zero-order valence-electron chi connectivity index (χ0n) is 14.5. The fourth-order valence-corrected chi connectivity index (χ4v) is 2.71. The first-order valence-electron chi connectivity index (χ1n) is 8.32. The largest absolute Gasteiger partial charge is 0.488 e. The zero-order chi connectivity index (χ0) is 18.4. The number of urea groups is 1. The van der Waals surface area contributed by atoms with Crippen molar-refractivity contribution in [1.29, 1.82) is 0 Å². The van der Waals surface area contributed by atoms with Gasteiger partial charge in [0.1, 0.15) is 18.5 Å². The molecule has 1 aliphatic heterocycles. The summed E-state index contributed by atoms with van der Waals surface area (Å²) in [6.45, 7) is 0.418. The van der Waals surface area contributed by atoms with Crippen molar-refractivity contribution < 1.29 is 19.1 Å². The Balaban J connectivity index is 1.43. The van der Waals surface area contributed by atoms with Crippen molar-refractivity contribution in [3.8, 4) is 5.75 Å². The maximum Gasteiger partial charge on any atom is 0.319 e. The lowest BCUT2D eigenvalue weighted by Crippen LogP contribution is -2.37. The van der Waals surface area contributed by atoms with E-state index >= 15 is 0 Å². The summed E-state index contributed by atoms with van der Waals surface area (Å²) in [6.07, 6.45) is 0.725. The molecule has 1 heterocycles. The minimum Gasteiger partial charge on any atom is -0.488 e. The molecule has 0 saturated heterocycles. The Morgan fingerprint density at radius 3 is 2.46 bits per heavy atom. The number of ether oxygens (including phenoxy) is 2. The molecule has 0 fully saturated rings. The smallest absolute Gasteiger partial charge is 0.319 e. The third kappa shape index (κ3) is 4.73. The summed E-state index contributed by atoms with van der Waals surface area (Å²) in [6, 6.07) is 14.4. The first kappa shape index (κ1) is 17.8. The molecule has 0 aliphatic carbocycles. The summed E-state index contributed by atoms with van der Waals surface area (Å²) in [5.74, 6) is 0.648. The van der Waals surface area contributed by atoms with Crippen molar-refractivity contribution in [2.75, 3.05) is 30.9 Å². The van der Waals surface area contributed by atoms with Gasteiger partial charge in [0.15, 0.2) is 0 Å². The van der Waals surface area contributed by atoms with E-state index < -0.39 is 0 Å². The topological polar surface area (TPSA) is 88.7 Å². The Morgan fingerprint density at radius 2 is 1.77 bits per heavy atom. The minimum absolute atomic E-state index is 0.00445. The number of carbonyl (C=O) groups excluding carboxylic acids is 2. The number of anilines is 2. The lowest BCUT2D eigenvalue weighted by molar-refractivity contribution is -0.119. The van der Waals surface area contributed by atoms with Crippen LogP contribution in [0.25, 0.3) is 0 Å². The summed E-state index contributed by atoms with van der Waals surface area (Å²) >= 11 is 0. The molecule has 136 valence electrons. The van der Waals surface area contributed by atoms with E-state index in [2.05, 4.69) is 16.0 Å². The second-order valence-electron chi connectivity index (χ2n) is 5.95. The molecule has 0 aromatic heterocycles. The van der Waals surface area contributed by atoms with Crippen LogP contribution >= 0.6 is 0 Å². The molecule has 1 aliphatic rings. The molecule has 2 aromatic rings. The van der Waals surface area contributed by atoms with Gasteiger partial charge in [-0.05, 0) is 35.9 Å². The van der Waals surface area contributed by atoms with E-state index in [4.69, 9.17) is 9.47 Å². The average Bonchev–Trinajstić information content (AvgIpc) is 3.05. The second kappa shape index (κ2) is 8.35. The third-order valence-corrected chi connectivity index (χ3v) is 3.91. The van der Waals surface area contributed by atoms with E-state index in [-0.39, 0.29) is 24.6 Å². The van der Waals surface area contributed by atoms with Gasteiger partial charge in [-0.2, -0.15) is 0 Å². The van der Waals surface area contributed by atoms with Gasteiger partial charge in [-0.15, -0.1) is 0 Å². The van der Waals surface area contributed by atoms with Gasteiger partial charge >= 0.3 is 6.03 Å². The van der Waals surface area contributed by atoms with Crippen LogP contribution in [0.1, 0.15) is 5.56 Å². The van der Waals surface area contributed by atoms with Crippen LogP contribution in [0.4, 0.5) is 16.2 Å². The lowest BCUT2D eigenvalue weighted by atomic mass is 10.1. The van der Waals surface area contributed by atoms with E-state index in [0.717, 1.165) is 17.7 Å². The van der Waals surface area contributed by atoms with Crippen molar-refractivity contribution >= 4 is 23.3 Å². The van der Waals surface area contributed by atoms with Crippen LogP contribution in [0.2, 0.25) is 0 Å². The Morgan fingerprint density at radius 1 is 1.08 bits per heavy atom. The number of carbonyl (C=O) groups is 2. The SMILES string of the molecule is COCC(=O)Nc1ccc(NC(=O)NCC2Cc3ccccc3O2)cc1. The summed E-state index contributed by atoms with van der Waals surface area (Å²) in [5, 5.41) is 8.25. The van der Waals surface area contributed by atoms with E-state index in [0.29, 0.717) is 17.9 Å². The molecule has 7 nitrogen and oxygen atoms in total. The first-order chi connectivity index (χ1) is 12.6. The number of rotatable bonds is 6. The van der Waals surface area contributed by atoms with Gasteiger partial charge in [0.25, 0.3) is 0 Å². The number of methoxy groups -OCH3 is 1. The van der Waals surface area contributed by atoms with Gasteiger partial charge in [-0.1, -0.05) is 18.2 Å². The van der Waals surface area contributed by atoms with Crippen LogP contribution in [0.5, 0.6) is 5.75 Å². The lowest BCUT2D eigenvalue weighted by Gasteiger charge is -2.13. The average molecular weight is 355 g/mol. The molecule has 1 unspecified atom stereocenters. The van der Waals surface area contributed by atoms with Crippen molar-refractivity contribution in [2.45, 2.75) is 12.5 Å². The van der Waals surface area contributed by atoms with Gasteiger partial charge in [-0.25, -0.2) is 4.79 Å². The molecule has 1 atom stereocenters. The molecule has 0 radical (unpaired) electrons. The van der Waals surface area contributed by atoms with Crippen molar-refractivity contribution in [2.24, 2.45) is 0 Å². The number of fused-ring (bicyclic) bond motifs is 1. The molecule has 0 saturated carbocycles. The molecule has 0 bridgehead atoms. The third-order valence-electron chi connectivity index (χ3n) is 3.91. The first-order valence-corrected chi connectivity index (χ1v) is 8.32. The highest BCUT2D eigenvalue weighted by Crippen LogP contribution is 2.27. The van der Waals surface area contributed by atoms with Crippen molar-refractivity contribution in [3.63, 3.8) is 0 Å². The van der Waals surface area contributed by atoms with Gasteiger partial charge in [0.2, 0.25) is 5.91 Å². The molecular formula is C19H21N3O4. The fraction of sp³-hybridized carbons (Fsp3) is 0.263. The van der Waals surface area contributed by atoms with E-state index in [9.17, 15) is 9.59 Å². The number of benzene rings is 2. The maximum absolute atomic E-state index is 12.0. The number of hydrogen-bond donors (Lipinski definition) is 3. The number of para-hydroxylation sites is 1. The van der Waals surface area contributed by atoms with Gasteiger partial charge in [0.05, 0.1) is 6.54 Å². The number of hydrogen-bond acceptors (Lipinski definition) is 4. The molecule has 26 heavy (non-hydrogen) atoms. The summed E-state index contributed by atoms with van der Waals surface area (Å²) in [7, 11) is 1.46. The molecule has 3 rings (SSSR count). The van der Waals surface area contributed by atoms with Gasteiger partial charge in [-0.3, -0.25) is 4.79 Å². The van der Waals surface area contributed by atoms with Crippen LogP contribution < -0.4 is 20.7 Å². The summed E-state index contributed by atoms with van der Waals surface area (Å²) in [5.41, 5.74) is 2.42. The van der Waals surface area contributed by atoms with E-state index in [1.165, 1.54) is 7.11 Å².